The third-order valence-electron chi connectivity index (χ3n) is 1.61. The van der Waals surface area contributed by atoms with Crippen LogP contribution in [0.15, 0.2) is 12.2 Å². The highest BCUT2D eigenvalue weighted by Gasteiger charge is 2.05. The van der Waals surface area contributed by atoms with E-state index < -0.39 is 6.23 Å². The first-order valence-corrected chi connectivity index (χ1v) is 4.14. The standard InChI is InChI=1S/C9H19NO/c1-7(2)5-4-6-8(3)9(10)11/h4-5,7-9,11H,6,10H2,1-3H3. The van der Waals surface area contributed by atoms with Gasteiger partial charge in [0.1, 0.15) is 6.23 Å². The molecule has 0 aliphatic carbocycles. The highest BCUT2D eigenvalue weighted by molar-refractivity contribution is 4.86. The zero-order chi connectivity index (χ0) is 8.85. The predicted octanol–water partition coefficient (Wildman–Crippen LogP) is 1.50. The van der Waals surface area contributed by atoms with E-state index in [0.29, 0.717) is 5.92 Å². The Balaban J connectivity index is 3.53. The Bertz CT molecular complexity index is 119. The van der Waals surface area contributed by atoms with Crippen molar-refractivity contribution >= 4 is 0 Å². The molecule has 0 heterocycles. The number of aliphatic hydroxyl groups is 1. The van der Waals surface area contributed by atoms with Gasteiger partial charge < -0.3 is 10.8 Å². The van der Waals surface area contributed by atoms with E-state index in [4.69, 9.17) is 10.8 Å². The van der Waals surface area contributed by atoms with E-state index in [1.54, 1.807) is 0 Å². The van der Waals surface area contributed by atoms with Crippen molar-refractivity contribution in [2.45, 2.75) is 33.4 Å². The van der Waals surface area contributed by atoms with Crippen LogP contribution in [-0.4, -0.2) is 11.3 Å². The summed E-state index contributed by atoms with van der Waals surface area (Å²) < 4.78 is 0. The maximum atomic E-state index is 8.93. The lowest BCUT2D eigenvalue weighted by Crippen LogP contribution is -2.26. The maximum absolute atomic E-state index is 8.93. The van der Waals surface area contributed by atoms with Crippen molar-refractivity contribution in [2.24, 2.45) is 17.6 Å². The lowest BCUT2D eigenvalue weighted by molar-refractivity contribution is 0.124. The molecule has 0 saturated heterocycles. The van der Waals surface area contributed by atoms with Crippen LogP contribution < -0.4 is 5.73 Å². The normalized spacial score (nSPS) is 17.6. The molecule has 0 aliphatic rings. The van der Waals surface area contributed by atoms with Gasteiger partial charge in [-0.05, 0) is 18.3 Å². The van der Waals surface area contributed by atoms with Gasteiger partial charge in [-0.15, -0.1) is 0 Å². The lowest BCUT2D eigenvalue weighted by Gasteiger charge is -2.11. The molecule has 0 aromatic rings. The van der Waals surface area contributed by atoms with Crippen molar-refractivity contribution in [1.82, 2.24) is 0 Å². The summed E-state index contributed by atoms with van der Waals surface area (Å²) in [6, 6.07) is 0. The monoisotopic (exact) mass is 157 g/mol. The number of allylic oxidation sites excluding steroid dienone is 2. The first-order valence-electron chi connectivity index (χ1n) is 4.14. The summed E-state index contributed by atoms with van der Waals surface area (Å²) in [5.74, 6) is 0.738. The summed E-state index contributed by atoms with van der Waals surface area (Å²) >= 11 is 0. The predicted molar refractivity (Wildman–Crippen MR) is 48.0 cm³/mol. The van der Waals surface area contributed by atoms with Gasteiger partial charge in [-0.1, -0.05) is 32.9 Å². The minimum Gasteiger partial charge on any atom is -0.379 e. The molecule has 0 aliphatic heterocycles. The highest BCUT2D eigenvalue weighted by atomic mass is 16.3. The number of hydrogen-bond acceptors (Lipinski definition) is 2. The molecule has 0 saturated carbocycles. The summed E-state index contributed by atoms with van der Waals surface area (Å²) in [7, 11) is 0. The van der Waals surface area contributed by atoms with Crippen molar-refractivity contribution in [3.8, 4) is 0 Å². The molecule has 66 valence electrons. The molecule has 2 unspecified atom stereocenters. The number of hydrogen-bond donors (Lipinski definition) is 2. The Morgan fingerprint density at radius 3 is 2.27 bits per heavy atom. The average molecular weight is 157 g/mol. The SMILES string of the molecule is CC(C)C=CCC(C)C(N)O. The van der Waals surface area contributed by atoms with Gasteiger partial charge in [0.25, 0.3) is 0 Å². The van der Waals surface area contributed by atoms with Gasteiger partial charge in [-0.2, -0.15) is 0 Å². The Morgan fingerprint density at radius 2 is 1.91 bits per heavy atom. The summed E-state index contributed by atoms with van der Waals surface area (Å²) in [5.41, 5.74) is 5.27. The van der Waals surface area contributed by atoms with Crippen LogP contribution in [0.1, 0.15) is 27.2 Å². The number of aliphatic hydroxyl groups excluding tert-OH is 1. The number of rotatable bonds is 4. The second-order valence-electron chi connectivity index (χ2n) is 3.38. The Kier molecular flexibility index (Phi) is 5.16. The molecule has 2 atom stereocenters. The molecule has 11 heavy (non-hydrogen) atoms. The zero-order valence-electron chi connectivity index (χ0n) is 7.62. The summed E-state index contributed by atoms with van der Waals surface area (Å²) in [6.07, 6.45) is 4.37. The molecule has 0 amide bonds. The first-order chi connectivity index (χ1) is 5.04. The maximum Gasteiger partial charge on any atom is 0.105 e. The molecular weight excluding hydrogens is 138 g/mol. The van der Waals surface area contributed by atoms with Gasteiger partial charge in [0.05, 0.1) is 0 Å². The minimum absolute atomic E-state index is 0.157. The van der Waals surface area contributed by atoms with E-state index in [1.807, 2.05) is 6.92 Å². The van der Waals surface area contributed by atoms with E-state index >= 15 is 0 Å². The van der Waals surface area contributed by atoms with Crippen molar-refractivity contribution in [1.29, 1.82) is 0 Å². The third-order valence-corrected chi connectivity index (χ3v) is 1.61. The molecule has 0 aromatic heterocycles. The average Bonchev–Trinajstić information content (AvgIpc) is 1.86. The van der Waals surface area contributed by atoms with Gasteiger partial charge in [0.2, 0.25) is 0 Å². The topological polar surface area (TPSA) is 46.2 Å². The van der Waals surface area contributed by atoms with Gasteiger partial charge in [0, 0.05) is 0 Å². The van der Waals surface area contributed by atoms with Crippen molar-refractivity contribution in [3.63, 3.8) is 0 Å². The molecule has 2 heteroatoms. The van der Waals surface area contributed by atoms with Crippen LogP contribution in [0.3, 0.4) is 0 Å². The number of nitrogens with two attached hydrogens (primary N) is 1. The fraction of sp³-hybridized carbons (Fsp3) is 0.778. The largest absolute Gasteiger partial charge is 0.379 e. The van der Waals surface area contributed by atoms with Crippen LogP contribution >= 0.6 is 0 Å². The Labute approximate surface area is 69.1 Å². The van der Waals surface area contributed by atoms with Crippen LogP contribution in [0, 0.1) is 11.8 Å². The van der Waals surface area contributed by atoms with Crippen molar-refractivity contribution in [3.05, 3.63) is 12.2 Å². The second-order valence-corrected chi connectivity index (χ2v) is 3.38. The van der Waals surface area contributed by atoms with Crippen LogP contribution in [0.25, 0.3) is 0 Å². The zero-order valence-corrected chi connectivity index (χ0v) is 7.62. The molecule has 0 radical (unpaired) electrons. The van der Waals surface area contributed by atoms with Gasteiger partial charge in [-0.3, -0.25) is 0 Å². The lowest BCUT2D eigenvalue weighted by atomic mass is 10.1. The molecular formula is C9H19NO. The summed E-state index contributed by atoms with van der Waals surface area (Å²) in [6.45, 7) is 6.19. The summed E-state index contributed by atoms with van der Waals surface area (Å²) in [5, 5.41) is 8.93. The summed E-state index contributed by atoms with van der Waals surface area (Å²) in [4.78, 5) is 0. The van der Waals surface area contributed by atoms with Gasteiger partial charge >= 0.3 is 0 Å². The van der Waals surface area contributed by atoms with Gasteiger partial charge in [-0.25, -0.2) is 0 Å². The Hall–Kier alpha value is -0.340. The molecule has 0 bridgehead atoms. The van der Waals surface area contributed by atoms with Crippen LogP contribution in [0.5, 0.6) is 0 Å². The van der Waals surface area contributed by atoms with Crippen molar-refractivity contribution in [2.75, 3.05) is 0 Å². The minimum atomic E-state index is -0.688. The van der Waals surface area contributed by atoms with Crippen molar-refractivity contribution < 1.29 is 5.11 Å². The molecule has 0 spiro atoms. The Morgan fingerprint density at radius 1 is 1.36 bits per heavy atom. The van der Waals surface area contributed by atoms with Crippen LogP contribution in [0.4, 0.5) is 0 Å². The van der Waals surface area contributed by atoms with E-state index in [9.17, 15) is 0 Å². The molecule has 0 aromatic carbocycles. The smallest absolute Gasteiger partial charge is 0.105 e. The molecule has 2 nitrogen and oxygen atoms in total. The van der Waals surface area contributed by atoms with E-state index in [0.717, 1.165) is 6.42 Å². The van der Waals surface area contributed by atoms with Crippen LogP contribution in [0.2, 0.25) is 0 Å². The van der Waals surface area contributed by atoms with Gasteiger partial charge in [0.15, 0.2) is 0 Å². The highest BCUT2D eigenvalue weighted by Crippen LogP contribution is 2.06. The van der Waals surface area contributed by atoms with E-state index in [-0.39, 0.29) is 5.92 Å². The first kappa shape index (κ1) is 10.7. The molecule has 0 rings (SSSR count). The second kappa shape index (κ2) is 5.33. The molecule has 0 fully saturated rings. The fourth-order valence-electron chi connectivity index (χ4n) is 0.705. The van der Waals surface area contributed by atoms with E-state index in [1.165, 1.54) is 0 Å². The third kappa shape index (κ3) is 6.07. The van der Waals surface area contributed by atoms with Crippen LogP contribution in [-0.2, 0) is 0 Å². The molecule has 3 N–H and O–H groups in total. The fourth-order valence-corrected chi connectivity index (χ4v) is 0.705. The van der Waals surface area contributed by atoms with E-state index in [2.05, 4.69) is 26.0 Å². The quantitative estimate of drug-likeness (QED) is 0.480.